The summed E-state index contributed by atoms with van der Waals surface area (Å²) in [5.41, 5.74) is 4.05. The summed E-state index contributed by atoms with van der Waals surface area (Å²) in [5, 5.41) is 0. The van der Waals surface area contributed by atoms with Crippen LogP contribution in [0.5, 0.6) is 5.75 Å². The minimum Gasteiger partial charge on any atom is -0.489 e. The van der Waals surface area contributed by atoms with Crippen LogP contribution in [-0.2, 0) is 17.8 Å². The molecule has 5 atom stereocenters. The Labute approximate surface area is 180 Å². The van der Waals surface area contributed by atoms with Crippen molar-refractivity contribution in [3.63, 3.8) is 0 Å². The maximum Gasteiger partial charge on any atom is 0.139 e. The fourth-order valence-electron chi connectivity index (χ4n) is 6.88. The molecule has 0 heterocycles. The van der Waals surface area contributed by atoms with Gasteiger partial charge in [0, 0.05) is 11.8 Å². The first-order valence-corrected chi connectivity index (χ1v) is 11.5. The van der Waals surface area contributed by atoms with Crippen LogP contribution in [0, 0.1) is 23.2 Å². The first-order valence-electron chi connectivity index (χ1n) is 11.5. The molecule has 5 rings (SSSR count). The zero-order chi connectivity index (χ0) is 20.7. The number of carbonyl (C=O) groups is 1. The lowest BCUT2D eigenvalue weighted by Crippen LogP contribution is -2.44. The molecule has 2 fully saturated rings. The van der Waals surface area contributed by atoms with Gasteiger partial charge < -0.3 is 4.74 Å². The molecule has 3 aliphatic rings. The first kappa shape index (κ1) is 19.6. The molecular weight excluding hydrogens is 368 g/mol. The first-order chi connectivity index (χ1) is 14.6. The summed E-state index contributed by atoms with van der Waals surface area (Å²) in [5.74, 6) is 3.70. The van der Waals surface area contributed by atoms with Crippen molar-refractivity contribution < 1.29 is 9.53 Å². The molecule has 156 valence electrons. The summed E-state index contributed by atoms with van der Waals surface area (Å²) >= 11 is 0. The smallest absolute Gasteiger partial charge is 0.139 e. The average molecular weight is 401 g/mol. The molecule has 3 aliphatic carbocycles. The van der Waals surface area contributed by atoms with E-state index in [0.29, 0.717) is 36.1 Å². The van der Waals surface area contributed by atoms with Crippen molar-refractivity contribution in [2.75, 3.05) is 0 Å². The molecule has 2 heteroatoms. The molecule has 2 saturated carbocycles. The van der Waals surface area contributed by atoms with Gasteiger partial charge in [0.2, 0.25) is 0 Å². The summed E-state index contributed by atoms with van der Waals surface area (Å²) in [6.45, 7) is 6.84. The molecule has 2 nitrogen and oxygen atoms in total. The Morgan fingerprint density at radius 2 is 2.00 bits per heavy atom. The van der Waals surface area contributed by atoms with Crippen LogP contribution < -0.4 is 4.74 Å². The van der Waals surface area contributed by atoms with E-state index in [9.17, 15) is 4.79 Å². The number of ether oxygens (including phenoxy) is 1. The molecule has 0 aromatic heterocycles. The number of benzene rings is 2. The third-order valence-corrected chi connectivity index (χ3v) is 8.26. The zero-order valence-corrected chi connectivity index (χ0v) is 18.0. The number of rotatable bonds is 5. The minimum absolute atomic E-state index is 0.106. The molecule has 0 N–H and O–H groups in total. The van der Waals surface area contributed by atoms with Gasteiger partial charge in [-0.2, -0.15) is 0 Å². The normalized spacial score (nSPS) is 32.1. The van der Waals surface area contributed by atoms with E-state index in [1.165, 1.54) is 23.1 Å². The molecule has 2 aromatic rings. The lowest BCUT2D eigenvalue weighted by molar-refractivity contribution is -0.129. The maximum absolute atomic E-state index is 12.9. The lowest BCUT2D eigenvalue weighted by Gasteiger charge is -2.49. The summed E-state index contributed by atoms with van der Waals surface area (Å²) in [6.07, 6.45) is 8.24. The van der Waals surface area contributed by atoms with E-state index < -0.39 is 0 Å². The third kappa shape index (κ3) is 3.21. The molecule has 0 saturated heterocycles. The average Bonchev–Trinajstić information content (AvgIpc) is 3.03. The fourth-order valence-corrected chi connectivity index (χ4v) is 6.88. The summed E-state index contributed by atoms with van der Waals surface area (Å²) < 4.78 is 6.09. The summed E-state index contributed by atoms with van der Waals surface area (Å²) in [6, 6.07) is 17.1. The number of ketones is 1. The SMILES string of the molecule is C=CC[C@@H]1CC(=O)[C@@]2(C)CCC3c4ccc(OCc5ccccc5)cc4CCC3C12. The van der Waals surface area contributed by atoms with E-state index in [1.54, 1.807) is 0 Å². The van der Waals surface area contributed by atoms with Gasteiger partial charge in [-0.25, -0.2) is 0 Å². The van der Waals surface area contributed by atoms with Crippen molar-refractivity contribution in [1.29, 1.82) is 0 Å². The van der Waals surface area contributed by atoms with E-state index in [4.69, 9.17) is 4.74 Å². The number of fused-ring (bicyclic) bond motifs is 5. The topological polar surface area (TPSA) is 26.3 Å². The van der Waals surface area contributed by atoms with Crippen LogP contribution >= 0.6 is 0 Å². The van der Waals surface area contributed by atoms with Gasteiger partial charge in [0.25, 0.3) is 0 Å². The summed E-state index contributed by atoms with van der Waals surface area (Å²) in [4.78, 5) is 12.9. The number of aryl methyl sites for hydroxylation is 1. The van der Waals surface area contributed by atoms with Crippen molar-refractivity contribution in [3.8, 4) is 5.75 Å². The highest BCUT2D eigenvalue weighted by Gasteiger charge is 2.58. The van der Waals surface area contributed by atoms with Crippen LogP contribution in [0.4, 0.5) is 0 Å². The van der Waals surface area contributed by atoms with Gasteiger partial charge >= 0.3 is 0 Å². The molecule has 0 spiro atoms. The van der Waals surface area contributed by atoms with Crippen molar-refractivity contribution in [1.82, 2.24) is 0 Å². The van der Waals surface area contributed by atoms with Gasteiger partial charge in [-0.3, -0.25) is 4.79 Å². The number of carbonyl (C=O) groups excluding carboxylic acids is 1. The van der Waals surface area contributed by atoms with Gasteiger partial charge in [0.05, 0.1) is 0 Å². The molecule has 2 aromatic carbocycles. The molecule has 0 aliphatic heterocycles. The Morgan fingerprint density at radius 1 is 1.17 bits per heavy atom. The Kier molecular flexibility index (Phi) is 5.05. The second kappa shape index (κ2) is 7.72. The predicted octanol–water partition coefficient (Wildman–Crippen LogP) is 6.49. The molecule has 0 bridgehead atoms. The lowest BCUT2D eigenvalue weighted by atomic mass is 9.54. The van der Waals surface area contributed by atoms with Gasteiger partial charge in [-0.15, -0.1) is 6.58 Å². The van der Waals surface area contributed by atoms with Crippen LogP contribution in [0.25, 0.3) is 0 Å². The van der Waals surface area contributed by atoms with Crippen LogP contribution in [0.15, 0.2) is 61.2 Å². The van der Waals surface area contributed by atoms with Crippen molar-refractivity contribution in [2.24, 2.45) is 23.2 Å². The standard InChI is InChI=1S/C28H32O2/c1-3-7-21-17-26(29)28(2)15-14-24-23-13-11-22(30-18-19-8-5-4-6-9-19)16-20(23)10-12-25(24)27(21)28/h3-6,8-9,11,13,16,21,24-25,27H,1,7,10,12,14-15,17-18H2,2H3/t21-,24?,25?,27?,28-/m1/s1. The number of allylic oxidation sites excluding steroid dienone is 1. The molecule has 0 amide bonds. The Hall–Kier alpha value is -2.35. The molecule has 0 radical (unpaired) electrons. The van der Waals surface area contributed by atoms with Gasteiger partial charge in [0.1, 0.15) is 18.1 Å². The summed E-state index contributed by atoms with van der Waals surface area (Å²) in [7, 11) is 0. The van der Waals surface area contributed by atoms with Gasteiger partial charge in [-0.1, -0.05) is 49.4 Å². The highest BCUT2D eigenvalue weighted by Crippen LogP contribution is 2.62. The van der Waals surface area contributed by atoms with Gasteiger partial charge in [-0.05, 0) is 84.6 Å². The van der Waals surface area contributed by atoms with E-state index in [0.717, 1.165) is 37.9 Å². The second-order valence-corrected chi connectivity index (χ2v) is 9.84. The molecular formula is C28H32O2. The van der Waals surface area contributed by atoms with Crippen molar-refractivity contribution in [2.45, 2.75) is 58.0 Å². The third-order valence-electron chi connectivity index (χ3n) is 8.26. The molecule has 30 heavy (non-hydrogen) atoms. The Balaban J connectivity index is 1.37. The van der Waals surface area contributed by atoms with Crippen LogP contribution in [0.3, 0.4) is 0 Å². The minimum atomic E-state index is -0.106. The number of hydrogen-bond donors (Lipinski definition) is 0. The van der Waals surface area contributed by atoms with E-state index in [2.05, 4.69) is 56.0 Å². The Bertz CT molecular complexity index is 946. The number of hydrogen-bond acceptors (Lipinski definition) is 2. The monoisotopic (exact) mass is 400 g/mol. The van der Waals surface area contributed by atoms with Crippen molar-refractivity contribution in [3.05, 3.63) is 77.9 Å². The largest absolute Gasteiger partial charge is 0.489 e. The quantitative estimate of drug-likeness (QED) is 0.536. The van der Waals surface area contributed by atoms with Crippen LogP contribution in [0.1, 0.15) is 61.6 Å². The Morgan fingerprint density at radius 3 is 2.80 bits per heavy atom. The highest BCUT2D eigenvalue weighted by molar-refractivity contribution is 5.87. The van der Waals surface area contributed by atoms with E-state index in [-0.39, 0.29) is 5.41 Å². The molecule has 3 unspecified atom stereocenters. The van der Waals surface area contributed by atoms with E-state index in [1.807, 2.05) is 12.1 Å². The van der Waals surface area contributed by atoms with Crippen molar-refractivity contribution >= 4 is 5.78 Å². The van der Waals surface area contributed by atoms with E-state index >= 15 is 0 Å². The van der Waals surface area contributed by atoms with Crippen LogP contribution in [0.2, 0.25) is 0 Å². The van der Waals surface area contributed by atoms with Gasteiger partial charge in [0.15, 0.2) is 0 Å². The highest BCUT2D eigenvalue weighted by atomic mass is 16.5. The number of Topliss-reactive ketones (excluding diaryl/α,β-unsaturated/α-hetero) is 1. The predicted molar refractivity (Wildman–Crippen MR) is 121 cm³/mol. The maximum atomic E-state index is 12.9. The fraction of sp³-hybridized carbons (Fsp3) is 0.464. The zero-order valence-electron chi connectivity index (χ0n) is 18.0. The van der Waals surface area contributed by atoms with Crippen LogP contribution in [-0.4, -0.2) is 5.78 Å². The second-order valence-electron chi connectivity index (χ2n) is 9.84.